The number of hydrogen-bond acceptors (Lipinski definition) is 1. The van der Waals surface area contributed by atoms with Crippen LogP contribution in [0.2, 0.25) is 0 Å². The average Bonchev–Trinajstić information content (AvgIpc) is 2.46. The largest absolute Gasteiger partial charge is 0.299 e. The summed E-state index contributed by atoms with van der Waals surface area (Å²) >= 11 is 0. The van der Waals surface area contributed by atoms with E-state index in [0.717, 1.165) is 19.3 Å². The zero-order valence-corrected chi connectivity index (χ0v) is 16.1. The van der Waals surface area contributed by atoms with Gasteiger partial charge in [-0.1, -0.05) is 72.3 Å². The van der Waals surface area contributed by atoms with Crippen molar-refractivity contribution in [1.29, 1.82) is 0 Å². The zero-order valence-electron chi connectivity index (χ0n) is 16.1. The molecule has 0 spiro atoms. The molecular formula is C22H34O. The fourth-order valence-electron chi connectivity index (χ4n) is 3.80. The SMILES string of the molecule is CC(C)C1C=C(C2=CC=C(C(C)(C)C)CC2)CC(C(C)C)C1=O. The molecule has 128 valence electrons. The van der Waals surface area contributed by atoms with Crippen LogP contribution >= 0.6 is 0 Å². The molecule has 2 rings (SSSR count). The molecule has 0 aliphatic heterocycles. The Bertz CT molecular complexity index is 549. The van der Waals surface area contributed by atoms with Gasteiger partial charge in [0.2, 0.25) is 0 Å². The fraction of sp³-hybridized carbons (Fsp3) is 0.682. The van der Waals surface area contributed by atoms with Gasteiger partial charge in [0.15, 0.2) is 0 Å². The molecule has 0 bridgehead atoms. The van der Waals surface area contributed by atoms with Crippen molar-refractivity contribution >= 4 is 5.78 Å². The number of hydrogen-bond donors (Lipinski definition) is 0. The Morgan fingerprint density at radius 1 is 0.957 bits per heavy atom. The molecule has 23 heavy (non-hydrogen) atoms. The van der Waals surface area contributed by atoms with Crippen molar-refractivity contribution in [3.05, 3.63) is 34.9 Å². The summed E-state index contributed by atoms with van der Waals surface area (Å²) in [5, 5.41) is 0. The summed E-state index contributed by atoms with van der Waals surface area (Å²) in [6, 6.07) is 0. The first-order chi connectivity index (χ1) is 10.6. The Kier molecular flexibility index (Phi) is 5.38. The Morgan fingerprint density at radius 2 is 1.61 bits per heavy atom. The second kappa shape index (κ2) is 6.79. The summed E-state index contributed by atoms with van der Waals surface area (Å²) in [6.07, 6.45) is 10.1. The highest BCUT2D eigenvalue weighted by Gasteiger charge is 2.35. The number of carbonyl (C=O) groups is 1. The summed E-state index contributed by atoms with van der Waals surface area (Å²) in [4.78, 5) is 12.7. The summed E-state index contributed by atoms with van der Waals surface area (Å²) < 4.78 is 0. The lowest BCUT2D eigenvalue weighted by Gasteiger charge is -2.34. The first-order valence-electron chi connectivity index (χ1n) is 9.26. The number of rotatable bonds is 3. The molecule has 1 nitrogen and oxygen atoms in total. The van der Waals surface area contributed by atoms with Gasteiger partial charge in [0.05, 0.1) is 0 Å². The molecule has 0 N–H and O–H groups in total. The van der Waals surface area contributed by atoms with E-state index in [1.807, 2.05) is 0 Å². The van der Waals surface area contributed by atoms with Crippen molar-refractivity contribution < 1.29 is 4.79 Å². The predicted molar refractivity (Wildman–Crippen MR) is 99.2 cm³/mol. The van der Waals surface area contributed by atoms with Crippen LogP contribution in [0.1, 0.15) is 67.7 Å². The minimum absolute atomic E-state index is 0.0973. The number of Topliss-reactive ketones (excluding diaryl/α,β-unsaturated/α-hetero) is 1. The minimum atomic E-state index is 0.0973. The van der Waals surface area contributed by atoms with Gasteiger partial charge >= 0.3 is 0 Å². The third kappa shape index (κ3) is 4.05. The van der Waals surface area contributed by atoms with Gasteiger partial charge in [-0.3, -0.25) is 4.79 Å². The van der Waals surface area contributed by atoms with E-state index in [1.165, 1.54) is 16.7 Å². The van der Waals surface area contributed by atoms with Crippen LogP contribution in [0.15, 0.2) is 34.9 Å². The van der Waals surface area contributed by atoms with Crippen LogP contribution in [0.4, 0.5) is 0 Å². The van der Waals surface area contributed by atoms with Crippen LogP contribution in [0.25, 0.3) is 0 Å². The highest BCUT2D eigenvalue weighted by Crippen LogP contribution is 2.40. The van der Waals surface area contributed by atoms with E-state index < -0.39 is 0 Å². The quantitative estimate of drug-likeness (QED) is 0.613. The lowest BCUT2D eigenvalue weighted by molar-refractivity contribution is -0.128. The van der Waals surface area contributed by atoms with Crippen molar-refractivity contribution in [2.75, 3.05) is 0 Å². The molecule has 2 atom stereocenters. The van der Waals surface area contributed by atoms with Crippen molar-refractivity contribution in [3.63, 3.8) is 0 Å². The molecular weight excluding hydrogens is 280 g/mol. The molecule has 2 aliphatic carbocycles. The van der Waals surface area contributed by atoms with Crippen molar-refractivity contribution in [2.24, 2.45) is 29.1 Å². The van der Waals surface area contributed by atoms with Gasteiger partial charge in [-0.2, -0.15) is 0 Å². The Hall–Kier alpha value is -1.11. The Labute approximate surface area is 142 Å². The van der Waals surface area contributed by atoms with Crippen LogP contribution in [0, 0.1) is 29.1 Å². The molecule has 0 aromatic rings. The maximum Gasteiger partial charge on any atom is 0.143 e. The van der Waals surface area contributed by atoms with Gasteiger partial charge in [-0.15, -0.1) is 0 Å². The van der Waals surface area contributed by atoms with Gasteiger partial charge in [0.1, 0.15) is 5.78 Å². The van der Waals surface area contributed by atoms with Crippen LogP contribution in [-0.4, -0.2) is 5.78 Å². The molecule has 0 fully saturated rings. The Balaban J connectivity index is 2.31. The standard InChI is InChI=1S/C22H34O/c1-14(2)19-12-17(13-20(15(3)4)21(19)23)16-8-10-18(11-9-16)22(5,6)7/h8,10,12,14-15,19-20H,9,11,13H2,1-7H3. The van der Waals surface area contributed by atoms with E-state index in [0.29, 0.717) is 17.6 Å². The van der Waals surface area contributed by atoms with Crippen molar-refractivity contribution in [2.45, 2.75) is 67.7 Å². The Morgan fingerprint density at radius 3 is 2.04 bits per heavy atom. The van der Waals surface area contributed by atoms with Crippen molar-refractivity contribution in [1.82, 2.24) is 0 Å². The maximum absolute atomic E-state index is 12.7. The molecule has 2 aliphatic rings. The van der Waals surface area contributed by atoms with Gasteiger partial charge in [0, 0.05) is 11.8 Å². The topological polar surface area (TPSA) is 17.1 Å². The molecule has 0 amide bonds. The second-order valence-electron chi connectivity index (χ2n) is 9.05. The molecule has 0 saturated carbocycles. The predicted octanol–water partition coefficient (Wildman–Crippen LogP) is 6.12. The first-order valence-corrected chi connectivity index (χ1v) is 9.26. The highest BCUT2D eigenvalue weighted by atomic mass is 16.1. The third-order valence-electron chi connectivity index (χ3n) is 5.56. The number of allylic oxidation sites excluding steroid dienone is 6. The normalized spacial score (nSPS) is 26.3. The lowest BCUT2D eigenvalue weighted by Crippen LogP contribution is -2.33. The van der Waals surface area contributed by atoms with Gasteiger partial charge in [-0.25, -0.2) is 0 Å². The molecule has 0 radical (unpaired) electrons. The van der Waals surface area contributed by atoms with Crippen molar-refractivity contribution in [3.8, 4) is 0 Å². The van der Waals surface area contributed by atoms with E-state index in [9.17, 15) is 4.79 Å². The maximum atomic E-state index is 12.7. The minimum Gasteiger partial charge on any atom is -0.299 e. The van der Waals surface area contributed by atoms with Gasteiger partial charge in [0.25, 0.3) is 0 Å². The summed E-state index contributed by atoms with van der Waals surface area (Å²) in [5.74, 6) is 1.57. The third-order valence-corrected chi connectivity index (χ3v) is 5.56. The van der Waals surface area contributed by atoms with E-state index >= 15 is 0 Å². The second-order valence-corrected chi connectivity index (χ2v) is 9.05. The molecule has 0 saturated heterocycles. The summed E-state index contributed by atoms with van der Waals surface area (Å²) in [5.41, 5.74) is 4.70. The van der Waals surface area contributed by atoms with Gasteiger partial charge < -0.3 is 0 Å². The van der Waals surface area contributed by atoms with Crippen LogP contribution in [0.3, 0.4) is 0 Å². The fourth-order valence-corrected chi connectivity index (χ4v) is 3.80. The van der Waals surface area contributed by atoms with E-state index in [4.69, 9.17) is 0 Å². The highest BCUT2D eigenvalue weighted by molar-refractivity contribution is 5.87. The van der Waals surface area contributed by atoms with Crippen LogP contribution < -0.4 is 0 Å². The van der Waals surface area contributed by atoms with E-state index in [1.54, 1.807) is 0 Å². The molecule has 0 heterocycles. The molecule has 0 aromatic carbocycles. The van der Waals surface area contributed by atoms with Crippen LogP contribution in [0.5, 0.6) is 0 Å². The number of carbonyl (C=O) groups excluding carboxylic acids is 1. The zero-order chi connectivity index (χ0) is 17.4. The average molecular weight is 315 g/mol. The summed E-state index contributed by atoms with van der Waals surface area (Å²) in [6.45, 7) is 15.6. The summed E-state index contributed by atoms with van der Waals surface area (Å²) in [7, 11) is 0. The van der Waals surface area contributed by atoms with Crippen LogP contribution in [-0.2, 0) is 4.79 Å². The smallest absolute Gasteiger partial charge is 0.143 e. The molecule has 2 unspecified atom stereocenters. The van der Waals surface area contributed by atoms with E-state index in [-0.39, 0.29) is 17.3 Å². The van der Waals surface area contributed by atoms with E-state index in [2.05, 4.69) is 66.7 Å². The monoisotopic (exact) mass is 314 g/mol. The molecule has 1 heteroatoms. The van der Waals surface area contributed by atoms with Gasteiger partial charge in [-0.05, 0) is 47.7 Å². The molecule has 0 aromatic heterocycles. The number of ketones is 1. The first kappa shape index (κ1) is 18.2. The lowest BCUT2D eigenvalue weighted by atomic mass is 9.70.